The van der Waals surface area contributed by atoms with Crippen molar-refractivity contribution < 1.29 is 14.5 Å². The monoisotopic (exact) mass is 451 g/mol. The predicted octanol–water partition coefficient (Wildman–Crippen LogP) is 3.39. The Morgan fingerprint density at radius 2 is 2.06 bits per heavy atom. The zero-order chi connectivity index (χ0) is 22.7. The zero-order valence-electron chi connectivity index (χ0n) is 16.8. The molecule has 0 bridgehead atoms. The van der Waals surface area contributed by atoms with Crippen molar-refractivity contribution in [1.29, 1.82) is 0 Å². The minimum Gasteiger partial charge on any atom is -0.492 e. The van der Waals surface area contributed by atoms with E-state index in [1.54, 1.807) is 24.3 Å². The summed E-state index contributed by atoms with van der Waals surface area (Å²) >= 11 is 1.05. The Balaban J connectivity index is 1.74. The van der Waals surface area contributed by atoms with Crippen molar-refractivity contribution in [1.82, 2.24) is 19.7 Å². The number of non-ortho nitro benzene ring substituents is 1. The zero-order valence-corrected chi connectivity index (χ0v) is 17.7. The van der Waals surface area contributed by atoms with Crippen LogP contribution in [0.25, 0.3) is 16.7 Å². The molecule has 2 heterocycles. The average Bonchev–Trinajstić information content (AvgIpc) is 3.27. The standard InChI is InChI=1S/C21H17N5O5S/c1-2-31-18-9-4-3-8-16(18)25-20(28)15-11-22-24-19(15)23-21(25)32-12-17(27)13-6-5-7-14(10-13)26(29)30/h3-11H,2,12H2,1H3,(H,22,24). The molecule has 1 N–H and O–H groups in total. The molecule has 0 spiro atoms. The first-order valence-electron chi connectivity index (χ1n) is 9.58. The van der Waals surface area contributed by atoms with Crippen molar-refractivity contribution in [2.24, 2.45) is 0 Å². The summed E-state index contributed by atoms with van der Waals surface area (Å²) in [6.45, 7) is 2.24. The Morgan fingerprint density at radius 3 is 2.84 bits per heavy atom. The van der Waals surface area contributed by atoms with Crippen LogP contribution in [0.15, 0.2) is 64.7 Å². The number of ether oxygens (including phenoxy) is 1. The normalized spacial score (nSPS) is 10.9. The maximum absolute atomic E-state index is 13.2. The third-order valence-corrected chi connectivity index (χ3v) is 5.51. The molecule has 10 nitrogen and oxygen atoms in total. The van der Waals surface area contributed by atoms with Gasteiger partial charge in [-0.15, -0.1) is 0 Å². The van der Waals surface area contributed by atoms with Crippen molar-refractivity contribution >= 4 is 34.3 Å². The number of nitrogens with zero attached hydrogens (tertiary/aromatic N) is 4. The molecule has 2 aromatic heterocycles. The number of rotatable bonds is 8. The van der Waals surface area contributed by atoms with Crippen LogP contribution in [0.5, 0.6) is 5.75 Å². The van der Waals surface area contributed by atoms with Crippen LogP contribution in [0.3, 0.4) is 0 Å². The maximum atomic E-state index is 13.2. The fraction of sp³-hybridized carbons (Fsp3) is 0.143. The van der Waals surface area contributed by atoms with Crippen LogP contribution in [0, 0.1) is 10.1 Å². The topological polar surface area (TPSA) is 133 Å². The molecule has 4 rings (SSSR count). The number of fused-ring (bicyclic) bond motifs is 1. The van der Waals surface area contributed by atoms with Gasteiger partial charge in [0.05, 0.1) is 29.2 Å². The number of hydrogen-bond acceptors (Lipinski definition) is 8. The van der Waals surface area contributed by atoms with Gasteiger partial charge in [-0.25, -0.2) is 4.98 Å². The molecule has 11 heteroatoms. The second kappa shape index (κ2) is 9.02. The van der Waals surface area contributed by atoms with E-state index in [1.807, 2.05) is 6.92 Å². The van der Waals surface area contributed by atoms with E-state index in [1.165, 1.54) is 35.0 Å². The van der Waals surface area contributed by atoms with Crippen molar-refractivity contribution in [3.8, 4) is 11.4 Å². The van der Waals surface area contributed by atoms with Gasteiger partial charge in [0.15, 0.2) is 16.6 Å². The summed E-state index contributed by atoms with van der Waals surface area (Å²) in [6, 6.07) is 12.6. The molecule has 2 aromatic carbocycles. The van der Waals surface area contributed by atoms with Crippen LogP contribution in [0.1, 0.15) is 17.3 Å². The summed E-state index contributed by atoms with van der Waals surface area (Å²) in [5.41, 5.74) is 0.463. The van der Waals surface area contributed by atoms with E-state index < -0.39 is 4.92 Å². The van der Waals surface area contributed by atoms with E-state index in [0.717, 1.165) is 11.8 Å². The molecule has 0 radical (unpaired) electrons. The van der Waals surface area contributed by atoms with Crippen LogP contribution in [-0.2, 0) is 0 Å². The fourth-order valence-electron chi connectivity index (χ4n) is 3.11. The minimum atomic E-state index is -0.556. The van der Waals surface area contributed by atoms with Crippen LogP contribution >= 0.6 is 11.8 Å². The molecule has 0 amide bonds. The summed E-state index contributed by atoms with van der Waals surface area (Å²) < 4.78 is 7.06. The summed E-state index contributed by atoms with van der Waals surface area (Å²) in [4.78, 5) is 40.9. The Bertz CT molecular complexity index is 1380. The summed E-state index contributed by atoms with van der Waals surface area (Å²) in [5.74, 6) is 0.0836. The molecule has 4 aromatic rings. The van der Waals surface area contributed by atoms with Crippen molar-refractivity contribution in [3.05, 3.63) is 80.8 Å². The highest BCUT2D eigenvalue weighted by atomic mass is 32.2. The maximum Gasteiger partial charge on any atom is 0.270 e. The molecule has 0 fully saturated rings. The second-order valence-electron chi connectivity index (χ2n) is 6.59. The Hall–Kier alpha value is -3.99. The van der Waals surface area contributed by atoms with Gasteiger partial charge in [-0.2, -0.15) is 5.10 Å². The number of carbonyl (C=O) groups excluding carboxylic acids is 1. The van der Waals surface area contributed by atoms with Gasteiger partial charge in [0.2, 0.25) is 0 Å². The van der Waals surface area contributed by atoms with Gasteiger partial charge in [-0.1, -0.05) is 36.0 Å². The van der Waals surface area contributed by atoms with Crippen molar-refractivity contribution in [2.45, 2.75) is 12.1 Å². The molecular formula is C21H17N5O5S. The van der Waals surface area contributed by atoms with Gasteiger partial charge in [-0.3, -0.25) is 29.4 Å². The quantitative estimate of drug-likeness (QED) is 0.142. The number of nitro groups is 1. The number of Topliss-reactive ketones (excluding diaryl/α,β-unsaturated/α-hetero) is 1. The number of nitrogens with one attached hydrogen (secondary N) is 1. The van der Waals surface area contributed by atoms with Gasteiger partial charge in [0, 0.05) is 17.7 Å². The molecule has 0 unspecified atom stereocenters. The minimum absolute atomic E-state index is 0.0793. The number of thioether (sulfide) groups is 1. The average molecular weight is 451 g/mol. The molecule has 32 heavy (non-hydrogen) atoms. The highest BCUT2D eigenvalue weighted by Gasteiger charge is 2.19. The number of benzene rings is 2. The van der Waals surface area contributed by atoms with Crippen LogP contribution < -0.4 is 10.3 Å². The van der Waals surface area contributed by atoms with E-state index in [2.05, 4.69) is 15.2 Å². The second-order valence-corrected chi connectivity index (χ2v) is 7.53. The molecule has 0 atom stereocenters. The van der Waals surface area contributed by atoms with Crippen molar-refractivity contribution in [3.63, 3.8) is 0 Å². The number of aromatic amines is 1. The molecule has 0 saturated heterocycles. The largest absolute Gasteiger partial charge is 0.492 e. The van der Waals surface area contributed by atoms with E-state index in [9.17, 15) is 19.7 Å². The highest BCUT2D eigenvalue weighted by Crippen LogP contribution is 2.27. The molecule has 0 aliphatic heterocycles. The Kier molecular flexibility index (Phi) is 5.99. The first kappa shape index (κ1) is 21.2. The lowest BCUT2D eigenvalue weighted by atomic mass is 10.1. The summed E-state index contributed by atoms with van der Waals surface area (Å²) in [5, 5.41) is 18.1. The lowest BCUT2D eigenvalue weighted by molar-refractivity contribution is -0.384. The van der Waals surface area contributed by atoms with Gasteiger partial charge in [0.25, 0.3) is 11.2 Å². The summed E-state index contributed by atoms with van der Waals surface area (Å²) in [6.07, 6.45) is 1.40. The number of nitro benzene ring substituents is 1. The van der Waals surface area contributed by atoms with E-state index in [0.29, 0.717) is 29.1 Å². The lowest BCUT2D eigenvalue weighted by Gasteiger charge is -2.15. The van der Waals surface area contributed by atoms with Gasteiger partial charge in [0.1, 0.15) is 11.1 Å². The number of carbonyl (C=O) groups is 1. The van der Waals surface area contributed by atoms with Gasteiger partial charge in [-0.05, 0) is 19.1 Å². The smallest absolute Gasteiger partial charge is 0.270 e. The van der Waals surface area contributed by atoms with Gasteiger partial charge >= 0.3 is 0 Å². The van der Waals surface area contributed by atoms with E-state index >= 15 is 0 Å². The fourth-order valence-corrected chi connectivity index (χ4v) is 4.00. The Labute approximate surface area is 185 Å². The van der Waals surface area contributed by atoms with E-state index in [4.69, 9.17) is 4.74 Å². The highest BCUT2D eigenvalue weighted by molar-refractivity contribution is 7.99. The molecule has 0 aliphatic rings. The van der Waals surface area contributed by atoms with Crippen LogP contribution in [-0.4, -0.2) is 42.8 Å². The SMILES string of the molecule is CCOc1ccccc1-n1c(SCC(=O)c2cccc([N+](=O)[O-])c2)nc2[nH]ncc2c1=O. The molecular weight excluding hydrogens is 434 g/mol. The van der Waals surface area contributed by atoms with Crippen LogP contribution in [0.2, 0.25) is 0 Å². The first-order valence-corrected chi connectivity index (χ1v) is 10.6. The van der Waals surface area contributed by atoms with Crippen LogP contribution in [0.4, 0.5) is 5.69 Å². The van der Waals surface area contributed by atoms with E-state index in [-0.39, 0.29) is 33.5 Å². The molecule has 162 valence electrons. The lowest BCUT2D eigenvalue weighted by Crippen LogP contribution is -2.22. The first-order chi connectivity index (χ1) is 15.5. The predicted molar refractivity (Wildman–Crippen MR) is 119 cm³/mol. The third kappa shape index (κ3) is 4.10. The summed E-state index contributed by atoms with van der Waals surface area (Å²) in [7, 11) is 0. The van der Waals surface area contributed by atoms with Gasteiger partial charge < -0.3 is 4.74 Å². The molecule has 0 aliphatic carbocycles. The third-order valence-electron chi connectivity index (χ3n) is 4.57. The van der Waals surface area contributed by atoms with Crippen molar-refractivity contribution in [2.75, 3.05) is 12.4 Å². The number of hydrogen-bond donors (Lipinski definition) is 1. The Morgan fingerprint density at radius 1 is 1.25 bits per heavy atom. The number of aromatic nitrogens is 4. The molecule has 0 saturated carbocycles. The number of para-hydroxylation sites is 2. The number of ketones is 1. The number of H-pyrrole nitrogens is 1.